The maximum absolute atomic E-state index is 12.7. The monoisotopic (exact) mass is 339 g/mol. The first-order valence-corrected chi connectivity index (χ1v) is 9.41. The van der Waals surface area contributed by atoms with Gasteiger partial charge in [0.15, 0.2) is 9.84 Å². The van der Waals surface area contributed by atoms with Crippen molar-refractivity contribution in [2.24, 2.45) is 11.3 Å². The molecule has 2 aliphatic heterocycles. The number of sulfone groups is 1. The number of nitrogens with zero attached hydrogens (tertiary/aromatic N) is 1. The van der Waals surface area contributed by atoms with Crippen LogP contribution in [0.1, 0.15) is 10.4 Å². The van der Waals surface area contributed by atoms with Gasteiger partial charge in [-0.15, -0.1) is 0 Å². The summed E-state index contributed by atoms with van der Waals surface area (Å²) in [5.74, 6) is 0.219. The molecule has 23 heavy (non-hydrogen) atoms. The Balaban J connectivity index is 1.77. The first-order valence-electron chi connectivity index (χ1n) is 7.52. The average molecular weight is 339 g/mol. The molecule has 2 aliphatic rings. The standard InChI is InChI=1S/C16H21NO5S/c1-21-10-16-9-17(7-13(16)8-22-11-16)15(18)12-3-5-14(6-4-12)23(2,19)20/h3-6,13H,7-11H2,1-2H3/t13-,16-/m0/s1. The lowest BCUT2D eigenvalue weighted by Gasteiger charge is -2.26. The van der Waals surface area contributed by atoms with Crippen molar-refractivity contribution in [2.75, 3.05) is 46.3 Å². The lowest BCUT2D eigenvalue weighted by atomic mass is 9.82. The van der Waals surface area contributed by atoms with Crippen LogP contribution in [0.15, 0.2) is 29.2 Å². The van der Waals surface area contributed by atoms with Gasteiger partial charge in [0.25, 0.3) is 5.91 Å². The van der Waals surface area contributed by atoms with Crippen LogP contribution >= 0.6 is 0 Å². The molecule has 0 aliphatic carbocycles. The summed E-state index contributed by atoms with van der Waals surface area (Å²) < 4.78 is 33.9. The van der Waals surface area contributed by atoms with E-state index >= 15 is 0 Å². The van der Waals surface area contributed by atoms with Crippen molar-refractivity contribution in [3.05, 3.63) is 29.8 Å². The Morgan fingerprint density at radius 2 is 2.09 bits per heavy atom. The number of fused-ring (bicyclic) bond motifs is 1. The topological polar surface area (TPSA) is 72.9 Å². The van der Waals surface area contributed by atoms with Crippen molar-refractivity contribution in [3.63, 3.8) is 0 Å². The summed E-state index contributed by atoms with van der Waals surface area (Å²) in [5.41, 5.74) is 0.391. The van der Waals surface area contributed by atoms with Crippen LogP contribution in [0.4, 0.5) is 0 Å². The zero-order valence-corrected chi connectivity index (χ0v) is 14.1. The van der Waals surface area contributed by atoms with E-state index in [0.717, 1.165) is 6.26 Å². The number of benzene rings is 1. The van der Waals surface area contributed by atoms with E-state index in [2.05, 4.69) is 0 Å². The van der Waals surface area contributed by atoms with E-state index in [4.69, 9.17) is 9.47 Å². The molecule has 1 amide bonds. The molecule has 3 rings (SSSR count). The molecule has 6 nitrogen and oxygen atoms in total. The largest absolute Gasteiger partial charge is 0.384 e. The lowest BCUT2D eigenvalue weighted by molar-refractivity contribution is 0.0489. The third kappa shape index (κ3) is 3.00. The highest BCUT2D eigenvalue weighted by Crippen LogP contribution is 2.41. The van der Waals surface area contributed by atoms with Crippen molar-refractivity contribution >= 4 is 15.7 Å². The number of carbonyl (C=O) groups is 1. The predicted octanol–water partition coefficient (Wildman–Crippen LogP) is 0.825. The Labute approximate surface area is 136 Å². The minimum Gasteiger partial charge on any atom is -0.384 e. The van der Waals surface area contributed by atoms with Gasteiger partial charge in [-0.2, -0.15) is 0 Å². The minimum absolute atomic E-state index is 0.0741. The molecule has 0 unspecified atom stereocenters. The number of hydrogen-bond acceptors (Lipinski definition) is 5. The molecule has 0 bridgehead atoms. The second-order valence-corrected chi connectivity index (χ2v) is 8.51. The van der Waals surface area contributed by atoms with Crippen LogP contribution in [-0.4, -0.2) is 65.5 Å². The second kappa shape index (κ2) is 5.89. The first kappa shape index (κ1) is 16.4. The average Bonchev–Trinajstić information content (AvgIpc) is 3.03. The van der Waals surface area contributed by atoms with Crippen molar-refractivity contribution in [1.29, 1.82) is 0 Å². The molecule has 0 N–H and O–H groups in total. The molecule has 2 saturated heterocycles. The summed E-state index contributed by atoms with van der Waals surface area (Å²) in [6.07, 6.45) is 1.15. The summed E-state index contributed by atoms with van der Waals surface area (Å²) in [4.78, 5) is 14.7. The van der Waals surface area contributed by atoms with Crippen LogP contribution in [0.25, 0.3) is 0 Å². The Hall–Kier alpha value is -1.44. The van der Waals surface area contributed by atoms with Gasteiger partial charge in [0, 0.05) is 43.4 Å². The normalized spacial score (nSPS) is 27.2. The van der Waals surface area contributed by atoms with Gasteiger partial charge in [0.2, 0.25) is 0 Å². The minimum atomic E-state index is -3.25. The van der Waals surface area contributed by atoms with E-state index in [-0.39, 0.29) is 16.2 Å². The van der Waals surface area contributed by atoms with Crippen LogP contribution in [0.2, 0.25) is 0 Å². The zero-order chi connectivity index (χ0) is 16.7. The molecule has 7 heteroatoms. The van der Waals surface area contributed by atoms with Gasteiger partial charge in [-0.3, -0.25) is 4.79 Å². The molecule has 0 radical (unpaired) electrons. The molecule has 2 heterocycles. The highest BCUT2D eigenvalue weighted by molar-refractivity contribution is 7.90. The molecule has 1 aromatic carbocycles. The number of methoxy groups -OCH3 is 1. The molecule has 2 fully saturated rings. The Kier molecular flexibility index (Phi) is 4.20. The van der Waals surface area contributed by atoms with Crippen molar-refractivity contribution in [3.8, 4) is 0 Å². The zero-order valence-electron chi connectivity index (χ0n) is 13.3. The summed E-state index contributed by atoms with van der Waals surface area (Å²) in [5, 5.41) is 0. The van der Waals surface area contributed by atoms with Gasteiger partial charge in [-0.05, 0) is 24.3 Å². The number of hydrogen-bond donors (Lipinski definition) is 0. The highest BCUT2D eigenvalue weighted by atomic mass is 32.2. The van der Waals surface area contributed by atoms with Gasteiger partial charge < -0.3 is 14.4 Å². The first-order chi connectivity index (χ1) is 10.9. The second-order valence-electron chi connectivity index (χ2n) is 6.49. The molecule has 126 valence electrons. The van der Waals surface area contributed by atoms with E-state index in [1.165, 1.54) is 12.1 Å². The van der Waals surface area contributed by atoms with Gasteiger partial charge in [0.1, 0.15) is 0 Å². The highest BCUT2D eigenvalue weighted by Gasteiger charge is 2.51. The molecule has 0 aromatic heterocycles. The SMILES string of the molecule is COC[C@@]12COC[C@@H]1CN(C(=O)c1ccc(S(C)(=O)=O)cc1)C2. The predicted molar refractivity (Wildman–Crippen MR) is 84.1 cm³/mol. The quantitative estimate of drug-likeness (QED) is 0.812. The molecule has 0 spiro atoms. The fourth-order valence-electron chi connectivity index (χ4n) is 3.51. The van der Waals surface area contributed by atoms with Crippen LogP contribution < -0.4 is 0 Å². The summed E-state index contributed by atoms with van der Waals surface area (Å²) in [6.45, 7) is 3.10. The smallest absolute Gasteiger partial charge is 0.253 e. The number of likely N-dealkylation sites (tertiary alicyclic amines) is 1. The van der Waals surface area contributed by atoms with E-state index in [1.54, 1.807) is 19.2 Å². The maximum atomic E-state index is 12.7. The summed E-state index contributed by atoms with van der Waals surface area (Å²) in [6, 6.07) is 6.11. The maximum Gasteiger partial charge on any atom is 0.253 e. The molecule has 1 aromatic rings. The fraction of sp³-hybridized carbons (Fsp3) is 0.562. The van der Waals surface area contributed by atoms with E-state index < -0.39 is 9.84 Å². The van der Waals surface area contributed by atoms with E-state index in [9.17, 15) is 13.2 Å². The van der Waals surface area contributed by atoms with Crippen molar-refractivity contribution in [1.82, 2.24) is 4.90 Å². The Morgan fingerprint density at radius 1 is 1.39 bits per heavy atom. The van der Waals surface area contributed by atoms with Gasteiger partial charge in [0.05, 0.1) is 24.7 Å². The summed E-state index contributed by atoms with van der Waals surface area (Å²) >= 11 is 0. The van der Waals surface area contributed by atoms with Crippen LogP contribution in [0.5, 0.6) is 0 Å². The van der Waals surface area contributed by atoms with E-state index in [0.29, 0.717) is 44.4 Å². The van der Waals surface area contributed by atoms with Gasteiger partial charge in [-0.25, -0.2) is 8.42 Å². The Morgan fingerprint density at radius 3 is 2.70 bits per heavy atom. The third-order valence-electron chi connectivity index (χ3n) is 4.77. The number of rotatable bonds is 4. The summed E-state index contributed by atoms with van der Waals surface area (Å²) in [7, 11) is -1.59. The number of amides is 1. The molecular formula is C16H21NO5S. The van der Waals surface area contributed by atoms with Gasteiger partial charge in [-0.1, -0.05) is 0 Å². The number of ether oxygens (including phenoxy) is 2. The number of carbonyl (C=O) groups excluding carboxylic acids is 1. The lowest BCUT2D eigenvalue weighted by Crippen LogP contribution is -2.37. The van der Waals surface area contributed by atoms with E-state index in [1.807, 2.05) is 4.90 Å². The van der Waals surface area contributed by atoms with Crippen molar-refractivity contribution < 1.29 is 22.7 Å². The van der Waals surface area contributed by atoms with Crippen LogP contribution in [-0.2, 0) is 19.3 Å². The van der Waals surface area contributed by atoms with Crippen LogP contribution in [0.3, 0.4) is 0 Å². The molecule has 2 atom stereocenters. The molecule has 0 saturated carbocycles. The van der Waals surface area contributed by atoms with Crippen molar-refractivity contribution in [2.45, 2.75) is 4.90 Å². The molecular weight excluding hydrogens is 318 g/mol. The van der Waals surface area contributed by atoms with Gasteiger partial charge >= 0.3 is 0 Å². The Bertz CT molecular complexity index is 700. The third-order valence-corrected chi connectivity index (χ3v) is 5.90. The van der Waals surface area contributed by atoms with Crippen LogP contribution in [0, 0.1) is 11.3 Å². The fourth-order valence-corrected chi connectivity index (χ4v) is 4.14.